The molecule has 4 bridgehead atoms. The summed E-state index contributed by atoms with van der Waals surface area (Å²) >= 11 is 0. The Hall–Kier alpha value is -0.330. The van der Waals surface area contributed by atoms with E-state index in [9.17, 15) is 4.79 Å². The molecule has 4 aliphatic rings. The highest BCUT2D eigenvalue weighted by atomic mass is 16.1. The summed E-state index contributed by atoms with van der Waals surface area (Å²) in [5, 5.41) is 0. The van der Waals surface area contributed by atoms with Crippen molar-refractivity contribution in [1.29, 1.82) is 0 Å². The van der Waals surface area contributed by atoms with Crippen molar-refractivity contribution >= 4 is 5.78 Å². The minimum absolute atomic E-state index is 0.0368. The number of hydrogen-bond donors (Lipinski definition) is 0. The molecule has 1 heteroatoms. The summed E-state index contributed by atoms with van der Waals surface area (Å²) in [6.07, 6.45) is 4.44. The predicted octanol–water partition coefficient (Wildman–Crippen LogP) is 2.01. The first-order chi connectivity index (χ1) is 5.75. The molecule has 4 fully saturated rings. The topological polar surface area (TPSA) is 17.1 Å². The van der Waals surface area contributed by atoms with Gasteiger partial charge in [0.25, 0.3) is 0 Å². The first-order valence-corrected chi connectivity index (χ1v) is 4.71. The Balaban J connectivity index is 1.98. The third kappa shape index (κ3) is 0.743. The van der Waals surface area contributed by atoms with Gasteiger partial charge in [0.15, 0.2) is 0 Å². The lowest BCUT2D eigenvalue weighted by molar-refractivity contribution is -0.139. The summed E-state index contributed by atoms with van der Waals surface area (Å²) in [5.74, 6) is 2.32. The lowest BCUT2D eigenvalue weighted by atomic mass is 9.56. The molecule has 1 nitrogen and oxygen atoms in total. The quantitative estimate of drug-likeness (QED) is 0.517. The van der Waals surface area contributed by atoms with Gasteiger partial charge in [0.2, 0.25) is 0 Å². The third-order valence-electron chi connectivity index (χ3n) is 3.70. The zero-order chi connectivity index (χ0) is 8.29. The fourth-order valence-electron chi connectivity index (χ4n) is 3.35. The van der Waals surface area contributed by atoms with E-state index in [0.717, 1.165) is 25.2 Å². The zero-order valence-corrected chi connectivity index (χ0v) is 6.62. The molecule has 0 saturated heterocycles. The van der Waals surface area contributed by atoms with Gasteiger partial charge in [0.05, 0.1) is 0 Å². The van der Waals surface area contributed by atoms with E-state index < -0.39 is 0 Å². The first kappa shape index (κ1) is 5.34. The number of carbonyl (C=O) groups excluding carboxylic acids is 1. The minimum atomic E-state index is -0.0368. The monoisotopic (exact) mass is 151 g/mol. The van der Waals surface area contributed by atoms with E-state index in [1.807, 2.05) is 0 Å². The lowest BCUT2D eigenvalue weighted by Gasteiger charge is -2.48. The van der Waals surface area contributed by atoms with Crippen molar-refractivity contribution in [3.05, 3.63) is 0 Å². The van der Waals surface area contributed by atoms with Gasteiger partial charge in [-0.15, -0.1) is 0 Å². The molecule has 0 N–H and O–H groups in total. The number of hydrogen-bond acceptors (Lipinski definition) is 1. The number of carbonyl (C=O) groups is 1. The van der Waals surface area contributed by atoms with Crippen molar-refractivity contribution in [2.45, 2.75) is 32.1 Å². The van der Waals surface area contributed by atoms with Crippen LogP contribution in [0, 0.1) is 23.7 Å². The summed E-state index contributed by atoms with van der Waals surface area (Å²) in [7, 11) is 0. The minimum Gasteiger partial charge on any atom is -0.299 e. The van der Waals surface area contributed by atoms with E-state index in [-0.39, 0.29) is 12.3 Å². The van der Waals surface area contributed by atoms with Gasteiger partial charge in [-0.25, -0.2) is 0 Å². The van der Waals surface area contributed by atoms with Crippen LogP contribution in [0.15, 0.2) is 0 Å². The molecular formula is C10H14O. The number of rotatable bonds is 0. The second-order valence-corrected chi connectivity index (χ2v) is 4.47. The number of ketones is 1. The van der Waals surface area contributed by atoms with Crippen LogP contribution in [0.5, 0.6) is 0 Å². The van der Waals surface area contributed by atoms with Gasteiger partial charge in [0.1, 0.15) is 5.78 Å². The molecule has 0 heterocycles. The van der Waals surface area contributed by atoms with Crippen molar-refractivity contribution in [2.75, 3.05) is 0 Å². The maximum absolute atomic E-state index is 11.7. The van der Waals surface area contributed by atoms with Gasteiger partial charge in [0, 0.05) is 13.2 Å². The van der Waals surface area contributed by atoms with E-state index in [0.29, 0.717) is 17.6 Å². The summed E-state index contributed by atoms with van der Waals surface area (Å²) in [6, 6.07) is 0. The van der Waals surface area contributed by atoms with Gasteiger partial charge in [-0.05, 0) is 43.9 Å². The molecule has 11 heavy (non-hydrogen) atoms. The van der Waals surface area contributed by atoms with E-state index >= 15 is 0 Å². The Morgan fingerprint density at radius 1 is 1.09 bits per heavy atom. The van der Waals surface area contributed by atoms with Gasteiger partial charge >= 0.3 is 0 Å². The van der Waals surface area contributed by atoms with Crippen molar-refractivity contribution in [2.24, 2.45) is 23.7 Å². The normalized spacial score (nSPS) is 61.6. The van der Waals surface area contributed by atoms with Crippen molar-refractivity contribution in [1.82, 2.24) is 0 Å². The van der Waals surface area contributed by atoms with Crippen LogP contribution in [0.2, 0.25) is 0 Å². The van der Waals surface area contributed by atoms with Crippen LogP contribution in [0.1, 0.15) is 33.5 Å². The summed E-state index contributed by atoms with van der Waals surface area (Å²) in [4.78, 5) is 11.7. The van der Waals surface area contributed by atoms with Crippen LogP contribution in [0.3, 0.4) is 0 Å². The van der Waals surface area contributed by atoms with Gasteiger partial charge in [-0.1, -0.05) is 0 Å². The fraction of sp³-hybridized carbons (Fsp3) is 0.900. The van der Waals surface area contributed by atoms with E-state index in [1.165, 1.54) is 6.42 Å². The van der Waals surface area contributed by atoms with Crippen LogP contribution >= 0.6 is 0 Å². The highest BCUT2D eigenvalue weighted by Gasteiger charge is 2.47. The summed E-state index contributed by atoms with van der Waals surface area (Å²) < 4.78 is 7.91. The van der Waals surface area contributed by atoms with E-state index in [1.54, 1.807) is 0 Å². The van der Waals surface area contributed by atoms with Gasteiger partial charge < -0.3 is 0 Å². The molecule has 60 valence electrons. The van der Waals surface area contributed by atoms with Gasteiger partial charge in [-0.2, -0.15) is 0 Å². The zero-order valence-electron chi connectivity index (χ0n) is 7.62. The summed E-state index contributed by atoms with van der Waals surface area (Å²) in [6.45, 7) is 0. The number of Topliss-reactive ketones (excluding diaryl/α,β-unsaturated/α-hetero) is 1. The average Bonchev–Trinajstić information content (AvgIpc) is 2.07. The molecule has 0 radical (unpaired) electrons. The van der Waals surface area contributed by atoms with Crippen molar-refractivity contribution < 1.29 is 6.17 Å². The van der Waals surface area contributed by atoms with E-state index in [2.05, 4.69) is 0 Å². The van der Waals surface area contributed by atoms with E-state index in [4.69, 9.17) is 1.37 Å². The molecule has 5 atom stereocenters. The lowest BCUT2D eigenvalue weighted by Crippen LogP contribution is -2.45. The Morgan fingerprint density at radius 2 is 1.82 bits per heavy atom. The predicted molar refractivity (Wildman–Crippen MR) is 42.1 cm³/mol. The first-order valence-electron chi connectivity index (χ1n) is 5.29. The second kappa shape index (κ2) is 1.88. The van der Waals surface area contributed by atoms with Crippen LogP contribution in [-0.4, -0.2) is 5.78 Å². The largest absolute Gasteiger partial charge is 0.299 e. The molecule has 0 aromatic carbocycles. The fourth-order valence-corrected chi connectivity index (χ4v) is 3.35. The smallest absolute Gasteiger partial charge is 0.139 e. The van der Waals surface area contributed by atoms with Crippen LogP contribution < -0.4 is 0 Å². The Kier molecular flexibility index (Phi) is 0.912. The summed E-state index contributed by atoms with van der Waals surface area (Å²) in [5.41, 5.74) is 0. The average molecular weight is 151 g/mol. The van der Waals surface area contributed by atoms with Gasteiger partial charge in [-0.3, -0.25) is 4.79 Å². The van der Waals surface area contributed by atoms with Crippen LogP contribution in [0.25, 0.3) is 0 Å². The molecule has 0 spiro atoms. The Bertz CT molecular complexity index is 238. The van der Waals surface area contributed by atoms with Crippen LogP contribution in [-0.2, 0) is 4.79 Å². The molecule has 0 amide bonds. The third-order valence-corrected chi connectivity index (χ3v) is 3.70. The maximum Gasteiger partial charge on any atom is 0.139 e. The Labute approximate surface area is 68.6 Å². The second-order valence-electron chi connectivity index (χ2n) is 4.47. The highest BCUT2D eigenvalue weighted by Crippen LogP contribution is 2.51. The maximum atomic E-state index is 11.7. The van der Waals surface area contributed by atoms with Crippen LogP contribution in [0.4, 0.5) is 0 Å². The van der Waals surface area contributed by atoms with Crippen molar-refractivity contribution in [3.63, 3.8) is 0 Å². The Morgan fingerprint density at radius 3 is 2.73 bits per heavy atom. The standard InChI is InChI=1S/C10H14O/c11-10-8-2-6-1-7(4-8)5-9(10)3-6/h6-9H,1-5H2/i2D/t2-,6?,7?,8?,9?/m0/s1. The highest BCUT2D eigenvalue weighted by molar-refractivity contribution is 5.85. The molecule has 0 aromatic rings. The molecule has 0 aliphatic heterocycles. The molecule has 4 aliphatic carbocycles. The molecule has 0 aromatic heterocycles. The molecule has 4 rings (SSSR count). The molecule has 4 unspecified atom stereocenters. The van der Waals surface area contributed by atoms with Crippen molar-refractivity contribution in [3.8, 4) is 0 Å². The molecule has 4 saturated carbocycles. The molecular weight excluding hydrogens is 136 g/mol. The SMILES string of the molecule is [2H][C@H]1C2CC3CC(C2)C(=O)C1C3.